The van der Waals surface area contributed by atoms with E-state index >= 15 is 0 Å². The lowest BCUT2D eigenvalue weighted by atomic mass is 10.0. The zero-order valence-corrected chi connectivity index (χ0v) is 16.8. The van der Waals surface area contributed by atoms with Gasteiger partial charge in [0, 0.05) is 19.4 Å². The van der Waals surface area contributed by atoms with Crippen molar-refractivity contribution in [1.82, 2.24) is 5.32 Å². The van der Waals surface area contributed by atoms with Crippen LogP contribution in [0.5, 0.6) is 0 Å². The van der Waals surface area contributed by atoms with Crippen LogP contribution in [-0.2, 0) is 9.59 Å². The van der Waals surface area contributed by atoms with Gasteiger partial charge in [-0.05, 0) is 32.2 Å². The fourth-order valence-corrected chi connectivity index (χ4v) is 3.09. The number of unbranched alkanes of at least 4 members (excludes halogenated alkanes) is 13. The van der Waals surface area contributed by atoms with Gasteiger partial charge in [0.05, 0.1) is 0 Å². The second kappa shape index (κ2) is 20.2. The number of amides is 1. The van der Waals surface area contributed by atoms with Crippen molar-refractivity contribution >= 4 is 11.9 Å². The zero-order chi connectivity index (χ0) is 19.3. The molecule has 0 saturated heterocycles. The molecule has 5 heteroatoms. The minimum Gasteiger partial charge on any atom is -0.481 e. The monoisotopic (exact) mass is 370 g/mol. The van der Waals surface area contributed by atoms with Gasteiger partial charge in [-0.25, -0.2) is 0 Å². The van der Waals surface area contributed by atoms with Crippen LogP contribution in [0.15, 0.2) is 0 Å². The number of hydrogen-bond acceptors (Lipinski definition) is 3. The van der Waals surface area contributed by atoms with Gasteiger partial charge in [-0.3, -0.25) is 9.59 Å². The summed E-state index contributed by atoms with van der Waals surface area (Å²) in [6, 6.07) is 0. The van der Waals surface area contributed by atoms with Crippen molar-refractivity contribution in [2.45, 2.75) is 109 Å². The van der Waals surface area contributed by atoms with E-state index in [0.717, 1.165) is 51.6 Å². The molecule has 0 unspecified atom stereocenters. The van der Waals surface area contributed by atoms with Gasteiger partial charge in [0.1, 0.15) is 0 Å². The SMILES string of the molecule is NCCCCCC(=O)NCCCCCCCCCCCCCCC(=O)O. The van der Waals surface area contributed by atoms with Crippen LogP contribution in [-0.4, -0.2) is 30.1 Å². The molecule has 0 rings (SSSR count). The van der Waals surface area contributed by atoms with E-state index in [1.807, 2.05) is 0 Å². The van der Waals surface area contributed by atoms with Crippen molar-refractivity contribution in [3.8, 4) is 0 Å². The maximum absolute atomic E-state index is 11.6. The number of nitrogens with two attached hydrogens (primary N) is 1. The van der Waals surface area contributed by atoms with Gasteiger partial charge in [0.15, 0.2) is 0 Å². The first-order valence-corrected chi connectivity index (χ1v) is 10.9. The lowest BCUT2D eigenvalue weighted by Crippen LogP contribution is -2.24. The van der Waals surface area contributed by atoms with Crippen LogP contribution >= 0.6 is 0 Å². The molecule has 0 fully saturated rings. The third-order valence-corrected chi connectivity index (χ3v) is 4.75. The number of carbonyl (C=O) groups excluding carboxylic acids is 1. The molecule has 1 amide bonds. The summed E-state index contributed by atoms with van der Waals surface area (Å²) in [5.74, 6) is -0.490. The Morgan fingerprint density at radius 3 is 1.54 bits per heavy atom. The molecule has 0 aromatic rings. The largest absolute Gasteiger partial charge is 0.481 e. The van der Waals surface area contributed by atoms with Crippen LogP contribution in [0.25, 0.3) is 0 Å². The molecule has 0 bridgehead atoms. The zero-order valence-electron chi connectivity index (χ0n) is 16.8. The molecule has 0 aliphatic carbocycles. The first-order chi connectivity index (χ1) is 12.7. The van der Waals surface area contributed by atoms with Crippen molar-refractivity contribution < 1.29 is 14.7 Å². The van der Waals surface area contributed by atoms with Crippen LogP contribution in [0.3, 0.4) is 0 Å². The highest BCUT2D eigenvalue weighted by Gasteiger charge is 2.00. The van der Waals surface area contributed by atoms with Gasteiger partial charge in [0.25, 0.3) is 0 Å². The number of nitrogens with one attached hydrogen (secondary N) is 1. The first kappa shape index (κ1) is 24.9. The number of carbonyl (C=O) groups is 2. The smallest absolute Gasteiger partial charge is 0.303 e. The van der Waals surface area contributed by atoms with E-state index < -0.39 is 5.97 Å². The van der Waals surface area contributed by atoms with E-state index in [-0.39, 0.29) is 5.91 Å². The quantitative estimate of drug-likeness (QED) is 0.269. The number of rotatable bonds is 20. The third-order valence-electron chi connectivity index (χ3n) is 4.75. The average Bonchev–Trinajstić information content (AvgIpc) is 2.61. The molecule has 154 valence electrons. The molecule has 0 heterocycles. The topological polar surface area (TPSA) is 92.4 Å². The van der Waals surface area contributed by atoms with Crippen LogP contribution in [0.2, 0.25) is 0 Å². The second-order valence-electron chi connectivity index (χ2n) is 7.34. The maximum Gasteiger partial charge on any atom is 0.303 e. The molecule has 0 radical (unpaired) electrons. The second-order valence-corrected chi connectivity index (χ2v) is 7.34. The highest BCUT2D eigenvalue weighted by atomic mass is 16.4. The number of carboxylic acid groups (broad SMARTS) is 1. The van der Waals surface area contributed by atoms with Crippen molar-refractivity contribution in [2.24, 2.45) is 5.73 Å². The van der Waals surface area contributed by atoms with E-state index in [1.54, 1.807) is 0 Å². The minimum absolute atomic E-state index is 0.185. The van der Waals surface area contributed by atoms with Gasteiger partial charge in [-0.2, -0.15) is 0 Å². The maximum atomic E-state index is 11.6. The average molecular weight is 371 g/mol. The highest BCUT2D eigenvalue weighted by molar-refractivity contribution is 5.75. The van der Waals surface area contributed by atoms with Crippen LogP contribution in [0, 0.1) is 0 Å². The van der Waals surface area contributed by atoms with Gasteiger partial charge < -0.3 is 16.2 Å². The first-order valence-electron chi connectivity index (χ1n) is 10.9. The van der Waals surface area contributed by atoms with E-state index in [1.165, 1.54) is 57.8 Å². The van der Waals surface area contributed by atoms with Gasteiger partial charge in [-0.1, -0.05) is 70.6 Å². The molecule has 0 aromatic carbocycles. The standard InChI is InChI=1S/C21H42N2O3/c22-18-14-11-12-16-20(24)23-19-15-10-8-6-4-2-1-3-5-7-9-13-17-21(25)26/h1-19,22H2,(H,23,24)(H,25,26). The Morgan fingerprint density at radius 1 is 0.615 bits per heavy atom. The fourth-order valence-electron chi connectivity index (χ4n) is 3.09. The molecule has 0 spiro atoms. The van der Waals surface area contributed by atoms with Crippen LogP contribution in [0.1, 0.15) is 109 Å². The molecular weight excluding hydrogens is 328 g/mol. The molecule has 5 nitrogen and oxygen atoms in total. The molecule has 0 aliphatic heterocycles. The van der Waals surface area contributed by atoms with Gasteiger partial charge >= 0.3 is 5.97 Å². The predicted octanol–water partition coefficient (Wildman–Crippen LogP) is 4.78. The summed E-state index contributed by atoms with van der Waals surface area (Å²) >= 11 is 0. The molecule has 4 N–H and O–H groups in total. The Kier molecular flexibility index (Phi) is 19.4. The molecule has 0 saturated carbocycles. The molecule has 0 aliphatic rings. The van der Waals surface area contributed by atoms with Crippen molar-refractivity contribution in [3.63, 3.8) is 0 Å². The summed E-state index contributed by atoms with van der Waals surface area (Å²) in [5.41, 5.74) is 5.43. The number of aliphatic carboxylic acids is 1. The highest BCUT2D eigenvalue weighted by Crippen LogP contribution is 2.12. The van der Waals surface area contributed by atoms with Gasteiger partial charge in [0.2, 0.25) is 5.91 Å². The van der Waals surface area contributed by atoms with Crippen molar-refractivity contribution in [3.05, 3.63) is 0 Å². The van der Waals surface area contributed by atoms with Crippen LogP contribution < -0.4 is 11.1 Å². The lowest BCUT2D eigenvalue weighted by molar-refractivity contribution is -0.137. The Morgan fingerprint density at radius 2 is 1.04 bits per heavy atom. The Labute approximate surface area is 160 Å². The Bertz CT molecular complexity index is 335. The molecule has 0 atom stereocenters. The third kappa shape index (κ3) is 20.9. The van der Waals surface area contributed by atoms with Crippen LogP contribution in [0.4, 0.5) is 0 Å². The molecular formula is C21H42N2O3. The van der Waals surface area contributed by atoms with Gasteiger partial charge in [-0.15, -0.1) is 0 Å². The van der Waals surface area contributed by atoms with E-state index in [4.69, 9.17) is 10.8 Å². The summed E-state index contributed by atoms with van der Waals surface area (Å²) in [5, 5.41) is 11.6. The number of hydrogen-bond donors (Lipinski definition) is 3. The van der Waals surface area contributed by atoms with Crippen molar-refractivity contribution in [1.29, 1.82) is 0 Å². The Hall–Kier alpha value is -1.10. The number of carboxylic acids is 1. The van der Waals surface area contributed by atoms with E-state index in [0.29, 0.717) is 12.8 Å². The predicted molar refractivity (Wildman–Crippen MR) is 108 cm³/mol. The Balaban J connectivity index is 3.11. The normalized spacial score (nSPS) is 10.8. The summed E-state index contributed by atoms with van der Waals surface area (Å²) < 4.78 is 0. The molecule has 0 aromatic heterocycles. The summed E-state index contributed by atoms with van der Waals surface area (Å²) in [6.45, 7) is 1.54. The van der Waals surface area contributed by atoms with E-state index in [9.17, 15) is 9.59 Å². The van der Waals surface area contributed by atoms with E-state index in [2.05, 4.69) is 5.32 Å². The summed E-state index contributed by atoms with van der Waals surface area (Å²) in [7, 11) is 0. The minimum atomic E-state index is -0.675. The van der Waals surface area contributed by atoms with Crippen molar-refractivity contribution in [2.75, 3.05) is 13.1 Å². The summed E-state index contributed by atoms with van der Waals surface area (Å²) in [6.07, 6.45) is 18.3. The fraction of sp³-hybridized carbons (Fsp3) is 0.905. The summed E-state index contributed by atoms with van der Waals surface area (Å²) in [4.78, 5) is 22.0. The molecule has 26 heavy (non-hydrogen) atoms. The lowest BCUT2D eigenvalue weighted by Gasteiger charge is -2.05.